The number of aryl methyl sites for hydroxylation is 1. The van der Waals surface area contributed by atoms with E-state index in [2.05, 4.69) is 15.5 Å². The summed E-state index contributed by atoms with van der Waals surface area (Å²) in [5.41, 5.74) is 2.14. The Balaban J connectivity index is 1.64. The van der Waals surface area contributed by atoms with E-state index in [4.69, 9.17) is 0 Å². The maximum Gasteiger partial charge on any atom is 0.321 e. The molecular weight excluding hydrogens is 464 g/mol. The van der Waals surface area contributed by atoms with Crippen LogP contribution in [0.2, 0.25) is 0 Å². The molecule has 0 bridgehead atoms. The van der Waals surface area contributed by atoms with Crippen molar-refractivity contribution in [3.05, 3.63) is 70.8 Å². The lowest BCUT2D eigenvalue weighted by Crippen LogP contribution is -2.45. The molecule has 1 aliphatic heterocycles. The van der Waals surface area contributed by atoms with Crippen molar-refractivity contribution in [3.63, 3.8) is 0 Å². The number of hydrogen-bond acceptors (Lipinski definition) is 4. The summed E-state index contributed by atoms with van der Waals surface area (Å²) >= 11 is 0. The molecule has 0 spiro atoms. The van der Waals surface area contributed by atoms with Gasteiger partial charge in [-0.2, -0.15) is 0 Å². The molecule has 3 rings (SSSR count). The van der Waals surface area contributed by atoms with Gasteiger partial charge in [0.2, 0.25) is 5.91 Å². The molecule has 8 heteroatoms. The van der Waals surface area contributed by atoms with Crippen molar-refractivity contribution >= 4 is 11.9 Å². The first kappa shape index (κ1) is 27.7. The van der Waals surface area contributed by atoms with Crippen LogP contribution in [0, 0.1) is 24.5 Å². The second-order valence-electron chi connectivity index (χ2n) is 10.7. The molecule has 1 amide bonds. The highest BCUT2D eigenvalue weighted by atomic mass is 19.1. The first-order chi connectivity index (χ1) is 16.9. The summed E-state index contributed by atoms with van der Waals surface area (Å²) in [6.45, 7) is 11.4. The van der Waals surface area contributed by atoms with Gasteiger partial charge in [-0.05, 0) is 44.9 Å². The van der Waals surface area contributed by atoms with Crippen LogP contribution in [-0.4, -0.2) is 59.6 Å². The normalized spacial score (nSPS) is 20.2. The minimum Gasteiger partial charge on any atom is -0.480 e. The van der Waals surface area contributed by atoms with Crippen molar-refractivity contribution in [1.29, 1.82) is 0 Å². The molecular formula is C28H37F2N3O3. The molecule has 6 nitrogen and oxygen atoms in total. The summed E-state index contributed by atoms with van der Waals surface area (Å²) < 4.78 is 28.1. The van der Waals surface area contributed by atoms with Gasteiger partial charge in [-0.1, -0.05) is 42.8 Å². The summed E-state index contributed by atoms with van der Waals surface area (Å²) in [6, 6.07) is 10.4. The number of aliphatic carboxylic acids is 1. The second-order valence-corrected chi connectivity index (χ2v) is 10.7. The first-order valence-electron chi connectivity index (χ1n) is 12.4. The van der Waals surface area contributed by atoms with Gasteiger partial charge in [-0.25, -0.2) is 8.78 Å². The highest BCUT2D eigenvalue weighted by molar-refractivity contribution is 5.80. The number of hydrogen-bond donors (Lipinski definition) is 3. The average molecular weight is 502 g/mol. The molecule has 4 atom stereocenters. The SMILES string of the molecule is Cc1ccc(C(C)[C@H](NCCNC(=O)[C@@H]2CN(C(C)(C)C)C[C@H]2c2ccc(F)cc2F)C(=O)O)cc1. The number of halogens is 2. The standard InChI is InChI=1S/C28H37F2N3O3/c1-17-6-8-19(9-7-17)18(2)25(27(35)36)31-12-13-32-26(34)23-16-33(28(3,4)5)15-22(23)21-11-10-20(29)14-24(21)30/h6-11,14,18,22-23,25,31H,12-13,15-16H2,1-5H3,(H,32,34)(H,35,36)/t18?,22-,23+,25-/m0/s1. The molecule has 0 aliphatic carbocycles. The third-order valence-corrected chi connectivity index (χ3v) is 7.12. The lowest BCUT2D eigenvalue weighted by molar-refractivity contribution is -0.140. The molecule has 0 aromatic heterocycles. The molecule has 36 heavy (non-hydrogen) atoms. The van der Waals surface area contributed by atoms with Crippen LogP contribution in [0.1, 0.15) is 56.2 Å². The third kappa shape index (κ3) is 6.68. The van der Waals surface area contributed by atoms with E-state index in [0.29, 0.717) is 18.7 Å². The number of likely N-dealkylation sites (tertiary alicyclic amines) is 1. The van der Waals surface area contributed by atoms with Gasteiger partial charge in [0.25, 0.3) is 0 Å². The quantitative estimate of drug-likeness (QED) is 0.452. The van der Waals surface area contributed by atoms with Crippen molar-refractivity contribution < 1.29 is 23.5 Å². The lowest BCUT2D eigenvalue weighted by atomic mass is 9.88. The van der Waals surface area contributed by atoms with Gasteiger partial charge in [-0.15, -0.1) is 0 Å². The zero-order valence-corrected chi connectivity index (χ0v) is 21.6. The van der Waals surface area contributed by atoms with Gasteiger partial charge in [0.1, 0.15) is 17.7 Å². The highest BCUT2D eigenvalue weighted by Gasteiger charge is 2.42. The topological polar surface area (TPSA) is 81.7 Å². The van der Waals surface area contributed by atoms with Crippen LogP contribution in [0.5, 0.6) is 0 Å². The molecule has 1 unspecified atom stereocenters. The summed E-state index contributed by atoms with van der Waals surface area (Å²) in [6.07, 6.45) is 0. The average Bonchev–Trinajstić information content (AvgIpc) is 3.24. The van der Waals surface area contributed by atoms with Crippen LogP contribution in [0.15, 0.2) is 42.5 Å². The number of carbonyl (C=O) groups excluding carboxylic acids is 1. The second kappa shape index (κ2) is 11.5. The summed E-state index contributed by atoms with van der Waals surface area (Å²) in [7, 11) is 0. The molecule has 2 aromatic rings. The number of benzene rings is 2. The maximum absolute atomic E-state index is 14.6. The number of rotatable bonds is 9. The summed E-state index contributed by atoms with van der Waals surface area (Å²) in [4.78, 5) is 27.2. The number of nitrogens with zero attached hydrogens (tertiary/aromatic N) is 1. The first-order valence-corrected chi connectivity index (χ1v) is 12.4. The van der Waals surface area contributed by atoms with E-state index < -0.39 is 35.5 Å². The Morgan fingerprint density at radius 3 is 2.33 bits per heavy atom. The van der Waals surface area contributed by atoms with Crippen LogP contribution >= 0.6 is 0 Å². The smallest absolute Gasteiger partial charge is 0.321 e. The van der Waals surface area contributed by atoms with E-state index in [-0.39, 0.29) is 30.5 Å². The molecule has 0 saturated carbocycles. The molecule has 1 saturated heterocycles. The lowest BCUT2D eigenvalue weighted by Gasteiger charge is -2.31. The van der Waals surface area contributed by atoms with Gasteiger partial charge < -0.3 is 15.7 Å². The Hall–Kier alpha value is -2.84. The largest absolute Gasteiger partial charge is 0.480 e. The number of nitrogens with one attached hydrogen (secondary N) is 2. The molecule has 1 aliphatic rings. The fraction of sp³-hybridized carbons (Fsp3) is 0.500. The fourth-order valence-corrected chi connectivity index (χ4v) is 4.82. The van der Waals surface area contributed by atoms with Crippen LogP contribution in [-0.2, 0) is 9.59 Å². The number of carboxylic acid groups (broad SMARTS) is 1. The van der Waals surface area contributed by atoms with Crippen LogP contribution in [0.4, 0.5) is 8.78 Å². The molecule has 3 N–H and O–H groups in total. The van der Waals surface area contributed by atoms with Crippen molar-refractivity contribution in [2.75, 3.05) is 26.2 Å². The molecule has 1 heterocycles. The van der Waals surface area contributed by atoms with E-state index in [0.717, 1.165) is 17.2 Å². The predicted molar refractivity (Wildman–Crippen MR) is 136 cm³/mol. The van der Waals surface area contributed by atoms with Crippen molar-refractivity contribution in [3.8, 4) is 0 Å². The van der Waals surface area contributed by atoms with E-state index in [9.17, 15) is 23.5 Å². The van der Waals surface area contributed by atoms with E-state index >= 15 is 0 Å². The van der Waals surface area contributed by atoms with Gasteiger partial charge >= 0.3 is 5.97 Å². The molecule has 2 aromatic carbocycles. The van der Waals surface area contributed by atoms with E-state index in [1.165, 1.54) is 12.1 Å². The Morgan fingerprint density at radius 2 is 1.75 bits per heavy atom. The van der Waals surface area contributed by atoms with Gasteiger partial charge in [0.05, 0.1) is 5.92 Å². The van der Waals surface area contributed by atoms with Crippen LogP contribution in [0.3, 0.4) is 0 Å². The monoisotopic (exact) mass is 501 g/mol. The van der Waals surface area contributed by atoms with Gasteiger partial charge in [0, 0.05) is 49.6 Å². The molecule has 1 fully saturated rings. The summed E-state index contributed by atoms with van der Waals surface area (Å²) in [5, 5.41) is 15.7. The van der Waals surface area contributed by atoms with Gasteiger partial charge in [-0.3, -0.25) is 14.5 Å². The Labute approximate surface area is 212 Å². The van der Waals surface area contributed by atoms with E-state index in [1.807, 2.05) is 58.9 Å². The molecule has 196 valence electrons. The highest BCUT2D eigenvalue weighted by Crippen LogP contribution is 2.37. The van der Waals surface area contributed by atoms with Crippen molar-refractivity contribution in [1.82, 2.24) is 15.5 Å². The Kier molecular flexibility index (Phi) is 8.84. The molecule has 0 radical (unpaired) electrons. The number of carbonyl (C=O) groups is 2. The minimum atomic E-state index is -0.960. The van der Waals surface area contributed by atoms with Crippen molar-refractivity contribution in [2.24, 2.45) is 5.92 Å². The Morgan fingerprint density at radius 1 is 1.08 bits per heavy atom. The maximum atomic E-state index is 14.6. The zero-order valence-electron chi connectivity index (χ0n) is 21.6. The van der Waals surface area contributed by atoms with Gasteiger partial charge in [0.15, 0.2) is 0 Å². The van der Waals surface area contributed by atoms with E-state index in [1.54, 1.807) is 0 Å². The van der Waals surface area contributed by atoms with Crippen LogP contribution < -0.4 is 10.6 Å². The minimum absolute atomic E-state index is 0.216. The third-order valence-electron chi connectivity index (χ3n) is 7.12. The Bertz CT molecular complexity index is 1070. The predicted octanol–water partition coefficient (Wildman–Crippen LogP) is 4.05. The number of amides is 1. The fourth-order valence-electron chi connectivity index (χ4n) is 4.82. The van der Waals surface area contributed by atoms with Crippen molar-refractivity contribution in [2.45, 2.75) is 58.0 Å². The summed E-state index contributed by atoms with van der Waals surface area (Å²) in [5.74, 6) is -3.67. The number of carboxylic acids is 1. The van der Waals surface area contributed by atoms with Crippen LogP contribution in [0.25, 0.3) is 0 Å². The zero-order chi connectivity index (χ0) is 26.6.